The van der Waals surface area contributed by atoms with Gasteiger partial charge in [0.1, 0.15) is 11.4 Å². The number of carbonyl (C=O) groups is 6. The van der Waals surface area contributed by atoms with Gasteiger partial charge < -0.3 is 9.47 Å². The third kappa shape index (κ3) is 6.42. The van der Waals surface area contributed by atoms with Crippen molar-refractivity contribution in [2.45, 2.75) is 38.8 Å². The smallest absolute Gasteiger partial charge is 0.336 e. The maximum atomic E-state index is 14.9. The minimum absolute atomic E-state index is 0.0220. The summed E-state index contributed by atoms with van der Waals surface area (Å²) in [7, 11) is 0. The van der Waals surface area contributed by atoms with Crippen LogP contribution in [0.1, 0.15) is 27.7 Å². The van der Waals surface area contributed by atoms with Gasteiger partial charge in [-0.3, -0.25) is 38.8 Å². The Morgan fingerprint density at radius 1 is 0.519 bits per heavy atom. The molecule has 2 atom stereocenters. The van der Waals surface area contributed by atoms with Gasteiger partial charge in [0.2, 0.25) is 0 Å². The molecule has 12 nitrogen and oxygen atoms in total. The van der Waals surface area contributed by atoms with Gasteiger partial charge in [0.05, 0.1) is 13.2 Å². The van der Waals surface area contributed by atoms with Crippen molar-refractivity contribution in [2.24, 2.45) is 0 Å². The number of hydrogen-bond acceptors (Lipinski definition) is 8. The van der Waals surface area contributed by atoms with Crippen LogP contribution in [0.4, 0.5) is 22.7 Å². The molecule has 0 saturated carbocycles. The molecule has 0 N–H and O–H groups in total. The Kier molecular flexibility index (Phi) is 10.3. The van der Waals surface area contributed by atoms with Crippen molar-refractivity contribution in [2.75, 3.05) is 32.8 Å². The first-order chi connectivity index (χ1) is 26.0. The molecule has 0 unspecified atom stereocenters. The second kappa shape index (κ2) is 15.0. The quantitative estimate of drug-likeness (QED) is 0.153. The van der Waals surface area contributed by atoms with E-state index in [0.29, 0.717) is 11.4 Å². The first-order valence-electron chi connectivity index (χ1n) is 17.4. The van der Waals surface area contributed by atoms with Gasteiger partial charge in [0.25, 0.3) is 11.8 Å². The lowest BCUT2D eigenvalue weighted by Crippen LogP contribution is -2.52. The zero-order valence-corrected chi connectivity index (χ0v) is 30.2. The molecule has 2 aliphatic rings. The van der Waals surface area contributed by atoms with Crippen molar-refractivity contribution < 1.29 is 38.2 Å². The van der Waals surface area contributed by atoms with Gasteiger partial charge in [0, 0.05) is 22.7 Å². The Bertz CT molecular complexity index is 2000. The molecule has 0 saturated heterocycles. The molecule has 6 rings (SSSR count). The number of rotatable bonds is 10. The highest BCUT2D eigenvalue weighted by Crippen LogP contribution is 2.40. The van der Waals surface area contributed by atoms with E-state index in [0.717, 1.165) is 9.80 Å². The second-order valence-electron chi connectivity index (χ2n) is 12.7. The molecular formula is C42H38N4O8. The fraction of sp³-hybridized carbons (Fsp3) is 0.190. The van der Waals surface area contributed by atoms with Gasteiger partial charge in [-0.05, 0) is 88.4 Å². The topological polar surface area (TPSA) is 134 Å². The van der Waals surface area contributed by atoms with Gasteiger partial charge in [-0.2, -0.15) is 0 Å². The predicted molar refractivity (Wildman–Crippen MR) is 202 cm³/mol. The van der Waals surface area contributed by atoms with E-state index in [2.05, 4.69) is 0 Å². The van der Waals surface area contributed by atoms with Crippen LogP contribution >= 0.6 is 0 Å². The zero-order valence-electron chi connectivity index (χ0n) is 30.2. The summed E-state index contributed by atoms with van der Waals surface area (Å²) >= 11 is 0. The van der Waals surface area contributed by atoms with Crippen molar-refractivity contribution in [1.82, 2.24) is 0 Å². The molecule has 4 aromatic rings. The summed E-state index contributed by atoms with van der Waals surface area (Å²) in [6, 6.07) is 32.9. The van der Waals surface area contributed by atoms with E-state index in [-0.39, 0.29) is 36.0 Å². The average Bonchev–Trinajstić information content (AvgIpc) is 3.62. The normalized spacial score (nSPS) is 19.2. The number of ether oxygens (including phenoxy) is 2. The SMILES string of the molecule is CCOC(=O)[C@]1(C)C=C(N(C(=O)C(=O)N(C2=C[C@@](C)(C(=O)OCC)N(c3ccccc3)C2=O)c2ccccc2)c2ccccc2)C(=O)N1c1ccccc1. The summed E-state index contributed by atoms with van der Waals surface area (Å²) in [4.78, 5) is 90.4. The lowest BCUT2D eigenvalue weighted by atomic mass is 10.0. The number of amides is 4. The van der Waals surface area contributed by atoms with Gasteiger partial charge in [-0.25, -0.2) is 9.59 Å². The summed E-state index contributed by atoms with van der Waals surface area (Å²) in [5.41, 5.74) is -3.05. The van der Waals surface area contributed by atoms with E-state index in [1.165, 1.54) is 60.1 Å². The van der Waals surface area contributed by atoms with Gasteiger partial charge in [-0.15, -0.1) is 0 Å². The number of benzene rings is 4. The summed E-state index contributed by atoms with van der Waals surface area (Å²) in [5, 5.41) is 0. The summed E-state index contributed by atoms with van der Waals surface area (Å²) in [6.45, 7) is 6.30. The maximum Gasteiger partial charge on any atom is 0.336 e. The van der Waals surface area contributed by atoms with E-state index >= 15 is 0 Å². The summed E-state index contributed by atoms with van der Waals surface area (Å²) < 4.78 is 10.8. The Hall–Kier alpha value is -6.82. The molecule has 274 valence electrons. The average molecular weight is 727 g/mol. The number of para-hydroxylation sites is 4. The van der Waals surface area contributed by atoms with E-state index in [1.54, 1.807) is 111 Å². The Labute approximate surface area is 312 Å². The zero-order chi connectivity index (χ0) is 38.6. The lowest BCUT2D eigenvalue weighted by Gasteiger charge is -2.32. The standard InChI is InChI=1S/C42H38N4O8/c1-5-53-39(51)41(3)27-33(35(47)45(41)31-23-15-9-16-24-31)43(29-19-11-7-12-20-29)37(49)38(50)44(30-21-13-8-14-22-30)34-28-42(4,40(52)54-6-2)46(36(34)48)32-25-17-10-18-26-32/h7-28H,5-6H2,1-4H3/t41-,42-/m0/s1. The van der Waals surface area contributed by atoms with E-state index in [9.17, 15) is 28.8 Å². The highest BCUT2D eigenvalue weighted by atomic mass is 16.5. The van der Waals surface area contributed by atoms with Crippen LogP contribution < -0.4 is 19.6 Å². The third-order valence-electron chi connectivity index (χ3n) is 9.11. The molecule has 2 heterocycles. The van der Waals surface area contributed by atoms with Crippen LogP contribution in [-0.2, 0) is 38.2 Å². The van der Waals surface area contributed by atoms with Crippen LogP contribution in [0.5, 0.6) is 0 Å². The van der Waals surface area contributed by atoms with Gasteiger partial charge in [-0.1, -0.05) is 72.8 Å². The fourth-order valence-corrected chi connectivity index (χ4v) is 6.61. The van der Waals surface area contributed by atoms with Crippen molar-refractivity contribution in [3.8, 4) is 0 Å². The van der Waals surface area contributed by atoms with Crippen LogP contribution in [-0.4, -0.2) is 59.9 Å². The molecule has 4 amide bonds. The van der Waals surface area contributed by atoms with Crippen LogP contribution in [0.3, 0.4) is 0 Å². The Balaban J connectivity index is 1.51. The minimum atomic E-state index is -1.72. The van der Waals surface area contributed by atoms with Crippen molar-refractivity contribution in [1.29, 1.82) is 0 Å². The third-order valence-corrected chi connectivity index (χ3v) is 9.11. The number of esters is 2. The largest absolute Gasteiger partial charge is 0.464 e. The predicted octanol–water partition coefficient (Wildman–Crippen LogP) is 5.56. The number of nitrogens with zero attached hydrogens (tertiary/aromatic N) is 4. The molecule has 4 aromatic carbocycles. The highest BCUT2D eigenvalue weighted by Gasteiger charge is 2.54. The second-order valence-corrected chi connectivity index (χ2v) is 12.7. The van der Waals surface area contributed by atoms with E-state index < -0.39 is 46.6 Å². The molecule has 2 aliphatic heterocycles. The van der Waals surface area contributed by atoms with Crippen molar-refractivity contribution >= 4 is 58.3 Å². The number of hydrogen-bond donors (Lipinski definition) is 0. The molecule has 0 bridgehead atoms. The van der Waals surface area contributed by atoms with Gasteiger partial charge >= 0.3 is 23.8 Å². The summed E-state index contributed by atoms with van der Waals surface area (Å²) in [5.74, 6) is -5.47. The molecule has 0 fully saturated rings. The molecule has 12 heteroatoms. The van der Waals surface area contributed by atoms with E-state index in [4.69, 9.17) is 9.47 Å². The van der Waals surface area contributed by atoms with Crippen molar-refractivity contribution in [3.63, 3.8) is 0 Å². The van der Waals surface area contributed by atoms with Crippen LogP contribution in [0.25, 0.3) is 0 Å². The Morgan fingerprint density at radius 2 is 0.815 bits per heavy atom. The monoisotopic (exact) mass is 726 g/mol. The van der Waals surface area contributed by atoms with E-state index in [1.807, 2.05) is 0 Å². The molecule has 54 heavy (non-hydrogen) atoms. The Morgan fingerprint density at radius 3 is 1.11 bits per heavy atom. The first kappa shape index (κ1) is 37.0. The fourth-order valence-electron chi connectivity index (χ4n) is 6.61. The number of carbonyl (C=O) groups excluding carboxylic acids is 6. The molecule has 0 aliphatic carbocycles. The first-order valence-corrected chi connectivity index (χ1v) is 17.4. The minimum Gasteiger partial charge on any atom is -0.464 e. The van der Waals surface area contributed by atoms with Gasteiger partial charge in [0.15, 0.2) is 11.1 Å². The molecular weight excluding hydrogens is 688 g/mol. The highest BCUT2D eigenvalue weighted by molar-refractivity contribution is 6.48. The molecule has 0 spiro atoms. The summed E-state index contributed by atoms with van der Waals surface area (Å²) in [6.07, 6.45) is 2.61. The molecule has 0 radical (unpaired) electrons. The van der Waals surface area contributed by atoms with Crippen LogP contribution in [0.15, 0.2) is 145 Å². The van der Waals surface area contributed by atoms with Crippen LogP contribution in [0.2, 0.25) is 0 Å². The maximum absolute atomic E-state index is 14.9. The molecule has 0 aromatic heterocycles. The van der Waals surface area contributed by atoms with Crippen LogP contribution in [0, 0.1) is 0 Å². The lowest BCUT2D eigenvalue weighted by molar-refractivity contribution is -0.148. The number of anilines is 4. The van der Waals surface area contributed by atoms with Crippen molar-refractivity contribution in [3.05, 3.63) is 145 Å².